The summed E-state index contributed by atoms with van der Waals surface area (Å²) >= 11 is 3.32. The molecule has 2 heterocycles. The zero-order valence-electron chi connectivity index (χ0n) is 7.65. The number of nitrogens with zero attached hydrogens (tertiary/aromatic N) is 3. The molecule has 3 nitrogen and oxygen atoms in total. The van der Waals surface area contributed by atoms with Crippen molar-refractivity contribution in [2.45, 2.75) is 19.4 Å². The summed E-state index contributed by atoms with van der Waals surface area (Å²) in [7, 11) is 0. The molecule has 0 amide bonds. The summed E-state index contributed by atoms with van der Waals surface area (Å²) in [5, 5.41) is 0. The largest absolute Gasteiger partial charge is 0.331 e. The molecule has 1 aliphatic rings. The highest BCUT2D eigenvalue weighted by molar-refractivity contribution is 9.10. The SMILES string of the molecule is Brc1cnc2c(ccn2CC2CC2)n1. The molecule has 1 fully saturated rings. The number of fused-ring (bicyclic) bond motifs is 1. The van der Waals surface area contributed by atoms with E-state index in [0.717, 1.165) is 28.2 Å². The van der Waals surface area contributed by atoms with E-state index in [0.29, 0.717) is 0 Å². The van der Waals surface area contributed by atoms with Crippen LogP contribution in [0.2, 0.25) is 0 Å². The molecule has 0 saturated heterocycles. The van der Waals surface area contributed by atoms with Gasteiger partial charge in [0, 0.05) is 12.7 Å². The van der Waals surface area contributed by atoms with Crippen molar-refractivity contribution in [1.29, 1.82) is 0 Å². The summed E-state index contributed by atoms with van der Waals surface area (Å²) in [6, 6.07) is 2.02. The first-order valence-corrected chi connectivity index (χ1v) is 5.59. The Bertz CT molecular complexity index is 473. The first-order chi connectivity index (χ1) is 6.83. The molecule has 3 rings (SSSR count). The van der Waals surface area contributed by atoms with Crippen LogP contribution in [0.25, 0.3) is 11.2 Å². The third-order valence-corrected chi connectivity index (χ3v) is 2.97. The highest BCUT2D eigenvalue weighted by Crippen LogP contribution is 2.31. The van der Waals surface area contributed by atoms with Gasteiger partial charge in [-0.1, -0.05) is 0 Å². The van der Waals surface area contributed by atoms with Gasteiger partial charge >= 0.3 is 0 Å². The van der Waals surface area contributed by atoms with Gasteiger partial charge in [0.1, 0.15) is 10.1 Å². The fraction of sp³-hybridized carbons (Fsp3) is 0.400. The van der Waals surface area contributed by atoms with Crippen molar-refractivity contribution < 1.29 is 0 Å². The van der Waals surface area contributed by atoms with E-state index in [4.69, 9.17) is 0 Å². The third kappa shape index (κ3) is 1.43. The second-order valence-corrected chi connectivity index (χ2v) is 4.63. The second-order valence-electron chi connectivity index (χ2n) is 3.81. The van der Waals surface area contributed by atoms with Gasteiger partial charge in [-0.05, 0) is 40.8 Å². The molecule has 0 bridgehead atoms. The molecule has 1 aliphatic carbocycles. The Labute approximate surface area is 90.3 Å². The lowest BCUT2D eigenvalue weighted by atomic mass is 10.4. The molecule has 0 unspecified atom stereocenters. The average Bonchev–Trinajstić information content (AvgIpc) is 2.89. The molecule has 0 atom stereocenters. The summed E-state index contributed by atoms with van der Waals surface area (Å²) in [4.78, 5) is 8.73. The smallest absolute Gasteiger partial charge is 0.158 e. The maximum atomic E-state index is 4.38. The fourth-order valence-corrected chi connectivity index (χ4v) is 1.96. The summed E-state index contributed by atoms with van der Waals surface area (Å²) in [5.74, 6) is 0.871. The minimum Gasteiger partial charge on any atom is -0.331 e. The molecule has 72 valence electrons. The van der Waals surface area contributed by atoms with E-state index < -0.39 is 0 Å². The zero-order valence-corrected chi connectivity index (χ0v) is 9.24. The number of halogens is 1. The van der Waals surface area contributed by atoms with E-state index in [2.05, 4.69) is 36.7 Å². The van der Waals surface area contributed by atoms with Crippen molar-refractivity contribution in [3.63, 3.8) is 0 Å². The summed E-state index contributed by atoms with van der Waals surface area (Å²) < 4.78 is 3.00. The highest BCUT2D eigenvalue weighted by atomic mass is 79.9. The van der Waals surface area contributed by atoms with Crippen LogP contribution >= 0.6 is 15.9 Å². The molecule has 0 aromatic carbocycles. The highest BCUT2D eigenvalue weighted by Gasteiger charge is 2.22. The molecule has 2 aromatic heterocycles. The summed E-state index contributed by atoms with van der Waals surface area (Å²) in [6.45, 7) is 1.10. The Morgan fingerprint density at radius 1 is 1.50 bits per heavy atom. The van der Waals surface area contributed by atoms with Gasteiger partial charge in [0.05, 0.1) is 6.20 Å². The second kappa shape index (κ2) is 3.05. The van der Waals surface area contributed by atoms with E-state index in [1.165, 1.54) is 12.8 Å². The van der Waals surface area contributed by atoms with Crippen LogP contribution in [-0.2, 0) is 6.54 Å². The van der Waals surface area contributed by atoms with Crippen molar-refractivity contribution in [2.24, 2.45) is 5.92 Å². The molecule has 1 saturated carbocycles. The van der Waals surface area contributed by atoms with Crippen LogP contribution in [0.3, 0.4) is 0 Å². The van der Waals surface area contributed by atoms with Crippen LogP contribution in [0.1, 0.15) is 12.8 Å². The molecule has 2 aromatic rings. The number of hydrogen-bond donors (Lipinski definition) is 0. The molecule has 0 radical (unpaired) electrons. The standard InChI is InChI=1S/C10H10BrN3/c11-9-5-12-10-8(13-9)3-4-14(10)6-7-1-2-7/h3-5,7H,1-2,6H2. The lowest BCUT2D eigenvalue weighted by Gasteiger charge is -2.01. The average molecular weight is 252 g/mol. The van der Waals surface area contributed by atoms with Crippen LogP contribution in [-0.4, -0.2) is 14.5 Å². The minimum atomic E-state index is 0.800. The lowest BCUT2D eigenvalue weighted by molar-refractivity contribution is 0.642. The Morgan fingerprint density at radius 3 is 3.14 bits per heavy atom. The van der Waals surface area contributed by atoms with Gasteiger partial charge in [-0.25, -0.2) is 9.97 Å². The van der Waals surface area contributed by atoms with Crippen molar-refractivity contribution in [3.8, 4) is 0 Å². The maximum absolute atomic E-state index is 4.38. The molecule has 0 N–H and O–H groups in total. The normalized spacial score (nSPS) is 16.4. The summed E-state index contributed by atoms with van der Waals surface area (Å²) in [5.41, 5.74) is 1.97. The Balaban J connectivity index is 2.06. The topological polar surface area (TPSA) is 30.7 Å². The predicted octanol–water partition coefficient (Wildman–Crippen LogP) is 2.60. The first-order valence-electron chi connectivity index (χ1n) is 4.80. The van der Waals surface area contributed by atoms with E-state index in [1.807, 2.05) is 6.07 Å². The fourth-order valence-electron chi connectivity index (χ4n) is 1.66. The van der Waals surface area contributed by atoms with Gasteiger partial charge in [-0.2, -0.15) is 0 Å². The van der Waals surface area contributed by atoms with Gasteiger partial charge < -0.3 is 4.57 Å². The van der Waals surface area contributed by atoms with E-state index in [9.17, 15) is 0 Å². The van der Waals surface area contributed by atoms with Crippen LogP contribution in [0.15, 0.2) is 23.1 Å². The maximum Gasteiger partial charge on any atom is 0.158 e. The molecule has 4 heteroatoms. The summed E-state index contributed by atoms with van der Waals surface area (Å²) in [6.07, 6.45) is 6.56. The van der Waals surface area contributed by atoms with Gasteiger partial charge in [0.25, 0.3) is 0 Å². The molecular weight excluding hydrogens is 242 g/mol. The lowest BCUT2D eigenvalue weighted by Crippen LogP contribution is -1.99. The molecular formula is C10H10BrN3. The number of rotatable bonds is 2. The first kappa shape index (κ1) is 8.41. The van der Waals surface area contributed by atoms with Crippen LogP contribution < -0.4 is 0 Å². The van der Waals surface area contributed by atoms with Crippen molar-refractivity contribution in [3.05, 3.63) is 23.1 Å². The Hall–Kier alpha value is -0.900. The number of hydrogen-bond acceptors (Lipinski definition) is 2. The van der Waals surface area contributed by atoms with E-state index in [1.54, 1.807) is 6.20 Å². The van der Waals surface area contributed by atoms with Gasteiger partial charge in [-0.3, -0.25) is 0 Å². The van der Waals surface area contributed by atoms with Crippen molar-refractivity contribution in [1.82, 2.24) is 14.5 Å². The van der Waals surface area contributed by atoms with E-state index >= 15 is 0 Å². The van der Waals surface area contributed by atoms with Crippen LogP contribution in [0, 0.1) is 5.92 Å². The predicted molar refractivity (Wildman–Crippen MR) is 58.0 cm³/mol. The zero-order chi connectivity index (χ0) is 9.54. The minimum absolute atomic E-state index is 0.800. The van der Waals surface area contributed by atoms with E-state index in [-0.39, 0.29) is 0 Å². The Kier molecular flexibility index (Phi) is 1.83. The Morgan fingerprint density at radius 2 is 2.36 bits per heavy atom. The molecule has 0 aliphatic heterocycles. The van der Waals surface area contributed by atoms with Crippen LogP contribution in [0.4, 0.5) is 0 Å². The van der Waals surface area contributed by atoms with Gasteiger partial charge in [0.15, 0.2) is 5.65 Å². The third-order valence-electron chi connectivity index (χ3n) is 2.59. The number of aromatic nitrogens is 3. The molecule has 0 spiro atoms. The van der Waals surface area contributed by atoms with Gasteiger partial charge in [0.2, 0.25) is 0 Å². The quantitative estimate of drug-likeness (QED) is 0.822. The van der Waals surface area contributed by atoms with Crippen molar-refractivity contribution in [2.75, 3.05) is 0 Å². The van der Waals surface area contributed by atoms with Crippen LogP contribution in [0.5, 0.6) is 0 Å². The van der Waals surface area contributed by atoms with Gasteiger partial charge in [-0.15, -0.1) is 0 Å². The van der Waals surface area contributed by atoms with Crippen molar-refractivity contribution >= 4 is 27.1 Å². The molecule has 14 heavy (non-hydrogen) atoms. The monoisotopic (exact) mass is 251 g/mol.